The van der Waals surface area contributed by atoms with E-state index in [1.165, 1.54) is 23.8 Å². The molecule has 1 N–H and O–H groups in total. The van der Waals surface area contributed by atoms with Gasteiger partial charge in [0.15, 0.2) is 0 Å². The first-order valence-corrected chi connectivity index (χ1v) is 9.36. The van der Waals surface area contributed by atoms with E-state index in [4.69, 9.17) is 9.15 Å². The van der Waals surface area contributed by atoms with Crippen LogP contribution in [-0.2, 0) is 20.1 Å². The molecular weight excluding hydrogens is 356 g/mol. The number of thioether (sulfide) groups is 1. The molecule has 2 atom stereocenters. The molecular formula is C18H20N2O5S. The quantitative estimate of drug-likeness (QED) is 0.792. The van der Waals surface area contributed by atoms with Gasteiger partial charge in [-0.05, 0) is 12.1 Å². The molecule has 0 saturated carbocycles. The van der Waals surface area contributed by atoms with Gasteiger partial charge in [-0.15, -0.1) is 11.8 Å². The molecule has 1 aliphatic heterocycles. The fraction of sp³-hybridized carbons (Fsp3) is 0.389. The van der Waals surface area contributed by atoms with E-state index in [0.717, 1.165) is 11.3 Å². The van der Waals surface area contributed by atoms with Crippen molar-refractivity contribution in [1.82, 2.24) is 9.88 Å². The first-order chi connectivity index (χ1) is 12.6. The predicted octanol–water partition coefficient (Wildman–Crippen LogP) is 2.28. The molecule has 26 heavy (non-hydrogen) atoms. The molecule has 1 fully saturated rings. The Balaban J connectivity index is 1.52. The summed E-state index contributed by atoms with van der Waals surface area (Å²) in [6.07, 6.45) is 1.68. The molecule has 1 aromatic heterocycles. The summed E-state index contributed by atoms with van der Waals surface area (Å²) >= 11 is 1.38. The number of benzene rings is 1. The minimum absolute atomic E-state index is 0.188. The Morgan fingerprint density at radius 3 is 2.85 bits per heavy atom. The maximum absolute atomic E-state index is 12.4. The number of hydrogen-bond donors (Lipinski definition) is 1. The normalized spacial score (nSPS) is 19.7. The van der Waals surface area contributed by atoms with E-state index in [0.29, 0.717) is 24.6 Å². The summed E-state index contributed by atoms with van der Waals surface area (Å²) in [5, 5.41) is 9.28. The summed E-state index contributed by atoms with van der Waals surface area (Å²) in [5.74, 6) is 0.0522. The fourth-order valence-electron chi connectivity index (χ4n) is 2.89. The largest absolute Gasteiger partial charge is 0.480 e. The summed E-state index contributed by atoms with van der Waals surface area (Å²) in [4.78, 5) is 29.5. The van der Waals surface area contributed by atoms with Crippen molar-refractivity contribution in [2.75, 3.05) is 19.4 Å². The van der Waals surface area contributed by atoms with Gasteiger partial charge in [0.2, 0.25) is 11.8 Å². The molecule has 0 radical (unpaired) electrons. The third-order valence-corrected chi connectivity index (χ3v) is 5.20. The van der Waals surface area contributed by atoms with Crippen molar-refractivity contribution in [2.24, 2.45) is 0 Å². The molecule has 0 bridgehead atoms. The van der Waals surface area contributed by atoms with Crippen LogP contribution in [0.1, 0.15) is 12.1 Å². The lowest BCUT2D eigenvalue weighted by Gasteiger charge is -2.20. The molecule has 2 unspecified atom stereocenters. The summed E-state index contributed by atoms with van der Waals surface area (Å²) in [6, 6.07) is 8.76. The maximum atomic E-state index is 12.4. The van der Waals surface area contributed by atoms with Crippen molar-refractivity contribution in [2.45, 2.75) is 24.3 Å². The Bertz CT molecular complexity index is 764. The number of ether oxygens (including phenoxy) is 1. The predicted molar refractivity (Wildman–Crippen MR) is 96.7 cm³/mol. The fourth-order valence-corrected chi connectivity index (χ4v) is 3.67. The van der Waals surface area contributed by atoms with E-state index in [1.807, 2.05) is 30.3 Å². The lowest BCUT2D eigenvalue weighted by atomic mass is 10.2. The van der Waals surface area contributed by atoms with Gasteiger partial charge in [-0.1, -0.05) is 18.2 Å². The Kier molecular flexibility index (Phi) is 5.95. The van der Waals surface area contributed by atoms with Gasteiger partial charge >= 0.3 is 5.97 Å². The minimum Gasteiger partial charge on any atom is -0.480 e. The van der Waals surface area contributed by atoms with Gasteiger partial charge < -0.3 is 19.2 Å². The van der Waals surface area contributed by atoms with Crippen LogP contribution in [0.2, 0.25) is 0 Å². The minimum atomic E-state index is -0.994. The van der Waals surface area contributed by atoms with Crippen LogP contribution < -0.4 is 0 Å². The summed E-state index contributed by atoms with van der Waals surface area (Å²) in [5.41, 5.74) is 1.64. The number of amides is 1. The number of rotatable bonds is 7. The summed E-state index contributed by atoms with van der Waals surface area (Å²) in [6.45, 7) is 0.314. The highest BCUT2D eigenvalue weighted by atomic mass is 32.2. The average molecular weight is 376 g/mol. The van der Waals surface area contributed by atoms with E-state index < -0.39 is 12.0 Å². The van der Waals surface area contributed by atoms with Gasteiger partial charge in [-0.3, -0.25) is 4.79 Å². The van der Waals surface area contributed by atoms with Crippen LogP contribution in [0.5, 0.6) is 0 Å². The average Bonchev–Trinajstić information content (AvgIpc) is 3.29. The number of carboxylic acids is 1. The van der Waals surface area contributed by atoms with Gasteiger partial charge in [0, 0.05) is 31.4 Å². The Morgan fingerprint density at radius 2 is 2.15 bits per heavy atom. The highest BCUT2D eigenvalue weighted by Gasteiger charge is 2.39. The third kappa shape index (κ3) is 4.25. The van der Waals surface area contributed by atoms with Crippen LogP contribution in [0, 0.1) is 0 Å². The SMILES string of the molecule is COC1CC(C(=O)O)N(C(=O)CSCc2coc(-c3ccccc3)n2)C1. The van der Waals surface area contributed by atoms with Crippen molar-refractivity contribution in [3.8, 4) is 11.5 Å². The topological polar surface area (TPSA) is 92.9 Å². The molecule has 0 aliphatic carbocycles. The van der Waals surface area contributed by atoms with Gasteiger partial charge in [0.1, 0.15) is 12.3 Å². The van der Waals surface area contributed by atoms with Crippen molar-refractivity contribution in [1.29, 1.82) is 0 Å². The second-order valence-electron chi connectivity index (χ2n) is 6.00. The zero-order valence-corrected chi connectivity index (χ0v) is 15.1. The number of likely N-dealkylation sites (tertiary alicyclic amines) is 1. The zero-order chi connectivity index (χ0) is 18.5. The van der Waals surface area contributed by atoms with E-state index >= 15 is 0 Å². The summed E-state index contributed by atoms with van der Waals surface area (Å²) < 4.78 is 10.7. The number of aliphatic carboxylic acids is 1. The van der Waals surface area contributed by atoms with E-state index in [9.17, 15) is 14.7 Å². The van der Waals surface area contributed by atoms with Gasteiger partial charge in [0.05, 0.1) is 17.6 Å². The number of aromatic nitrogens is 1. The number of methoxy groups -OCH3 is 1. The van der Waals surface area contributed by atoms with Crippen LogP contribution in [0.3, 0.4) is 0 Å². The molecule has 3 rings (SSSR count). The first-order valence-electron chi connectivity index (χ1n) is 8.21. The van der Waals surface area contributed by atoms with Crippen LogP contribution in [0.15, 0.2) is 41.0 Å². The Hall–Kier alpha value is -2.32. The number of oxazole rings is 1. The molecule has 0 spiro atoms. The number of carbonyl (C=O) groups excluding carboxylic acids is 1. The third-order valence-electron chi connectivity index (χ3n) is 4.25. The molecule has 1 aliphatic rings. The molecule has 2 aromatic rings. The molecule has 1 aromatic carbocycles. The summed E-state index contributed by atoms with van der Waals surface area (Å²) in [7, 11) is 1.53. The molecule has 7 nitrogen and oxygen atoms in total. The van der Waals surface area contributed by atoms with Crippen molar-refractivity contribution < 1.29 is 23.8 Å². The lowest BCUT2D eigenvalue weighted by Crippen LogP contribution is -2.41. The molecule has 2 heterocycles. The van der Waals surface area contributed by atoms with Crippen molar-refractivity contribution in [3.63, 3.8) is 0 Å². The second kappa shape index (κ2) is 8.37. The monoisotopic (exact) mass is 376 g/mol. The number of carboxylic acid groups (broad SMARTS) is 1. The Labute approximate surface area is 155 Å². The number of nitrogens with zero attached hydrogens (tertiary/aromatic N) is 2. The molecule has 138 valence electrons. The van der Waals surface area contributed by atoms with Crippen molar-refractivity contribution >= 4 is 23.6 Å². The molecule has 8 heteroatoms. The standard InChI is InChI=1S/C18H20N2O5S/c1-24-14-7-15(18(22)23)20(8-14)16(21)11-26-10-13-9-25-17(19-13)12-5-3-2-4-6-12/h2-6,9,14-15H,7-8,10-11H2,1H3,(H,22,23). The van der Waals surface area contributed by atoms with Crippen LogP contribution in [0.25, 0.3) is 11.5 Å². The van der Waals surface area contributed by atoms with Crippen LogP contribution in [0.4, 0.5) is 0 Å². The van der Waals surface area contributed by atoms with Crippen LogP contribution >= 0.6 is 11.8 Å². The Morgan fingerprint density at radius 1 is 1.38 bits per heavy atom. The highest BCUT2D eigenvalue weighted by molar-refractivity contribution is 7.99. The van der Waals surface area contributed by atoms with Gasteiger partial charge in [-0.25, -0.2) is 9.78 Å². The van der Waals surface area contributed by atoms with Gasteiger partial charge in [-0.2, -0.15) is 0 Å². The van der Waals surface area contributed by atoms with Crippen LogP contribution in [-0.4, -0.2) is 58.4 Å². The highest BCUT2D eigenvalue weighted by Crippen LogP contribution is 2.23. The van der Waals surface area contributed by atoms with Gasteiger partial charge in [0.25, 0.3) is 0 Å². The second-order valence-corrected chi connectivity index (χ2v) is 6.98. The number of hydrogen-bond acceptors (Lipinski definition) is 6. The molecule has 1 saturated heterocycles. The van der Waals surface area contributed by atoms with E-state index in [1.54, 1.807) is 6.26 Å². The molecule has 1 amide bonds. The van der Waals surface area contributed by atoms with E-state index in [2.05, 4.69) is 4.98 Å². The maximum Gasteiger partial charge on any atom is 0.326 e. The number of carbonyl (C=O) groups is 2. The van der Waals surface area contributed by atoms with E-state index in [-0.39, 0.29) is 17.8 Å². The first kappa shape index (κ1) is 18.5. The van der Waals surface area contributed by atoms with Crippen molar-refractivity contribution in [3.05, 3.63) is 42.3 Å². The lowest BCUT2D eigenvalue weighted by molar-refractivity contribution is -0.147. The smallest absolute Gasteiger partial charge is 0.326 e. The zero-order valence-electron chi connectivity index (χ0n) is 14.3.